The third-order valence-electron chi connectivity index (χ3n) is 3.39. The summed E-state index contributed by atoms with van der Waals surface area (Å²) in [6.45, 7) is 3.50. The van der Waals surface area contributed by atoms with Gasteiger partial charge in [0, 0.05) is 31.1 Å². The summed E-state index contributed by atoms with van der Waals surface area (Å²) < 4.78 is 5.48. The minimum atomic E-state index is -0.0765. The number of hydrogen-bond acceptors (Lipinski definition) is 4. The van der Waals surface area contributed by atoms with Crippen LogP contribution >= 0.6 is 11.3 Å². The van der Waals surface area contributed by atoms with Crippen LogP contribution in [0.4, 0.5) is 0 Å². The zero-order chi connectivity index (χ0) is 14.4. The lowest BCUT2D eigenvalue weighted by Gasteiger charge is -2.14. The van der Waals surface area contributed by atoms with Crippen LogP contribution in [0.1, 0.15) is 35.0 Å². The van der Waals surface area contributed by atoms with Crippen molar-refractivity contribution < 1.29 is 14.6 Å². The van der Waals surface area contributed by atoms with E-state index in [2.05, 4.69) is 17.2 Å². The van der Waals surface area contributed by atoms with Gasteiger partial charge < -0.3 is 15.2 Å². The van der Waals surface area contributed by atoms with Crippen LogP contribution in [0.5, 0.6) is 0 Å². The lowest BCUT2D eigenvalue weighted by Crippen LogP contribution is -2.31. The number of hydrogen-bond donors (Lipinski definition) is 2. The van der Waals surface area contributed by atoms with Crippen molar-refractivity contribution in [3.05, 3.63) is 21.9 Å². The average molecular weight is 293 g/mol. The molecule has 2 unspecified atom stereocenters. The number of thiophene rings is 1. The Morgan fingerprint density at radius 2 is 2.50 bits per heavy atom. The molecule has 0 spiro atoms. The van der Waals surface area contributed by atoms with E-state index in [1.165, 1.54) is 11.3 Å². The van der Waals surface area contributed by atoms with Crippen molar-refractivity contribution in [2.45, 2.75) is 25.9 Å². The molecule has 2 heterocycles. The molecular weight excluding hydrogens is 274 g/mol. The third kappa shape index (κ3) is 3.83. The van der Waals surface area contributed by atoms with Gasteiger partial charge >= 0.3 is 0 Å². The first-order chi connectivity index (χ1) is 9.72. The number of amides is 1. The molecule has 20 heavy (non-hydrogen) atoms. The van der Waals surface area contributed by atoms with Crippen LogP contribution < -0.4 is 5.32 Å². The molecule has 0 bridgehead atoms. The van der Waals surface area contributed by atoms with Crippen molar-refractivity contribution >= 4 is 17.2 Å². The van der Waals surface area contributed by atoms with Crippen molar-refractivity contribution in [2.24, 2.45) is 5.92 Å². The summed E-state index contributed by atoms with van der Waals surface area (Å²) >= 11 is 1.39. The quantitative estimate of drug-likeness (QED) is 0.830. The van der Waals surface area contributed by atoms with E-state index in [9.17, 15) is 4.79 Å². The number of rotatable bonds is 4. The number of carbonyl (C=O) groups is 1. The van der Waals surface area contributed by atoms with Gasteiger partial charge in [0.05, 0.1) is 12.7 Å². The molecule has 2 N–H and O–H groups in total. The second-order valence-corrected chi connectivity index (χ2v) is 5.69. The van der Waals surface area contributed by atoms with Crippen LogP contribution in [0, 0.1) is 17.8 Å². The first-order valence-corrected chi connectivity index (χ1v) is 7.67. The summed E-state index contributed by atoms with van der Waals surface area (Å²) in [5.41, 5.74) is 0.733. The number of ether oxygens (including phenoxy) is 1. The smallest absolute Gasteiger partial charge is 0.262 e. The van der Waals surface area contributed by atoms with Crippen LogP contribution in [0.15, 0.2) is 11.4 Å². The largest absolute Gasteiger partial charge is 0.395 e. The second kappa shape index (κ2) is 7.44. The van der Waals surface area contributed by atoms with E-state index in [4.69, 9.17) is 9.84 Å². The normalized spacial score (nSPS) is 21.3. The van der Waals surface area contributed by atoms with E-state index in [0.29, 0.717) is 23.8 Å². The number of carbonyl (C=O) groups excluding carboxylic acids is 1. The van der Waals surface area contributed by atoms with E-state index < -0.39 is 0 Å². The fourth-order valence-electron chi connectivity index (χ4n) is 2.15. The number of nitrogens with one attached hydrogen (secondary N) is 1. The first kappa shape index (κ1) is 15.0. The maximum atomic E-state index is 12.2. The van der Waals surface area contributed by atoms with E-state index in [-0.39, 0.29) is 18.6 Å². The summed E-state index contributed by atoms with van der Waals surface area (Å²) in [5.74, 6) is 6.09. The Labute approximate surface area is 123 Å². The van der Waals surface area contributed by atoms with Crippen LogP contribution in [-0.4, -0.2) is 36.9 Å². The highest BCUT2D eigenvalue weighted by molar-refractivity contribution is 7.12. The molecule has 1 amide bonds. The van der Waals surface area contributed by atoms with Gasteiger partial charge in [-0.15, -0.1) is 11.3 Å². The van der Waals surface area contributed by atoms with Gasteiger partial charge in [-0.3, -0.25) is 4.79 Å². The van der Waals surface area contributed by atoms with Gasteiger partial charge in [-0.05, 0) is 24.8 Å². The molecule has 1 aliphatic heterocycles. The fourth-order valence-corrected chi connectivity index (χ4v) is 2.91. The van der Waals surface area contributed by atoms with E-state index in [1.54, 1.807) is 0 Å². The second-order valence-electron chi connectivity index (χ2n) is 4.77. The third-order valence-corrected chi connectivity index (χ3v) is 4.30. The zero-order valence-electron chi connectivity index (χ0n) is 11.5. The Balaban J connectivity index is 1.93. The highest BCUT2D eigenvalue weighted by Crippen LogP contribution is 2.20. The summed E-state index contributed by atoms with van der Waals surface area (Å²) in [6.07, 6.45) is 1.63. The average Bonchev–Trinajstić information content (AvgIpc) is 3.05. The molecule has 2 atom stereocenters. The zero-order valence-corrected chi connectivity index (χ0v) is 12.3. The number of aliphatic hydroxyl groups is 1. The fraction of sp³-hybridized carbons (Fsp3) is 0.533. The van der Waals surface area contributed by atoms with Crippen LogP contribution in [0.2, 0.25) is 0 Å². The van der Waals surface area contributed by atoms with Gasteiger partial charge in [0.25, 0.3) is 5.91 Å². The summed E-state index contributed by atoms with van der Waals surface area (Å²) in [6, 6.07) is 1.84. The Morgan fingerprint density at radius 3 is 3.20 bits per heavy atom. The monoisotopic (exact) mass is 293 g/mol. The molecule has 108 valence electrons. The summed E-state index contributed by atoms with van der Waals surface area (Å²) in [5, 5.41) is 13.5. The minimum absolute atomic E-state index is 0.0399. The molecular formula is C15H19NO3S. The number of aliphatic hydroxyl groups excluding tert-OH is 1. The van der Waals surface area contributed by atoms with E-state index >= 15 is 0 Å². The molecule has 0 radical (unpaired) electrons. The first-order valence-electron chi connectivity index (χ1n) is 6.79. The standard InChI is InChI=1S/C15H19NO3S/c1-11-13(5-8-19-11)10-16-15(18)14-12(6-9-20-14)4-2-3-7-17/h6,9,11,13,17H,3,5,7-8,10H2,1H3,(H,16,18). The van der Waals surface area contributed by atoms with Crippen LogP contribution in [-0.2, 0) is 4.74 Å². The molecule has 0 aromatic carbocycles. The molecule has 5 heteroatoms. The SMILES string of the molecule is CC1OCCC1CNC(=O)c1sccc1C#CCCO. The highest BCUT2D eigenvalue weighted by Gasteiger charge is 2.25. The van der Waals surface area contributed by atoms with Crippen molar-refractivity contribution in [1.82, 2.24) is 5.32 Å². The lowest BCUT2D eigenvalue weighted by molar-refractivity contribution is 0.0910. The van der Waals surface area contributed by atoms with Gasteiger partial charge in [-0.1, -0.05) is 11.8 Å². The van der Waals surface area contributed by atoms with Crippen molar-refractivity contribution in [3.63, 3.8) is 0 Å². The lowest BCUT2D eigenvalue weighted by atomic mass is 10.0. The topological polar surface area (TPSA) is 58.6 Å². The summed E-state index contributed by atoms with van der Waals surface area (Å²) in [4.78, 5) is 12.8. The van der Waals surface area contributed by atoms with Crippen LogP contribution in [0.3, 0.4) is 0 Å². The molecule has 4 nitrogen and oxygen atoms in total. The molecule has 2 rings (SSSR count). The minimum Gasteiger partial charge on any atom is -0.395 e. The maximum Gasteiger partial charge on any atom is 0.262 e. The van der Waals surface area contributed by atoms with Gasteiger partial charge in [-0.2, -0.15) is 0 Å². The predicted molar refractivity (Wildman–Crippen MR) is 78.8 cm³/mol. The van der Waals surface area contributed by atoms with E-state index in [0.717, 1.165) is 18.6 Å². The summed E-state index contributed by atoms with van der Waals surface area (Å²) in [7, 11) is 0. The van der Waals surface area contributed by atoms with Gasteiger partial charge in [0.2, 0.25) is 0 Å². The van der Waals surface area contributed by atoms with Crippen molar-refractivity contribution in [2.75, 3.05) is 19.8 Å². The molecule has 1 aromatic rings. The Kier molecular flexibility index (Phi) is 5.60. The Morgan fingerprint density at radius 1 is 1.65 bits per heavy atom. The van der Waals surface area contributed by atoms with Crippen molar-refractivity contribution in [3.8, 4) is 11.8 Å². The van der Waals surface area contributed by atoms with Gasteiger partial charge in [-0.25, -0.2) is 0 Å². The van der Waals surface area contributed by atoms with Crippen LogP contribution in [0.25, 0.3) is 0 Å². The molecule has 1 fully saturated rings. The van der Waals surface area contributed by atoms with Gasteiger partial charge in [0.1, 0.15) is 4.88 Å². The Hall–Kier alpha value is -1.35. The van der Waals surface area contributed by atoms with E-state index in [1.807, 2.05) is 18.4 Å². The molecule has 1 aliphatic rings. The Bertz CT molecular complexity index is 515. The highest BCUT2D eigenvalue weighted by atomic mass is 32.1. The maximum absolute atomic E-state index is 12.2. The molecule has 1 aromatic heterocycles. The molecule has 1 saturated heterocycles. The molecule has 0 saturated carbocycles. The van der Waals surface area contributed by atoms with Crippen molar-refractivity contribution in [1.29, 1.82) is 0 Å². The van der Waals surface area contributed by atoms with Gasteiger partial charge in [0.15, 0.2) is 0 Å². The molecule has 0 aliphatic carbocycles. The predicted octanol–water partition coefficient (Wildman–Crippen LogP) is 1.64.